The van der Waals surface area contributed by atoms with Crippen LogP contribution >= 0.6 is 0 Å². The third-order valence-electron chi connectivity index (χ3n) is 8.35. The van der Waals surface area contributed by atoms with Crippen LogP contribution in [0, 0.1) is 29.1 Å². The quantitative estimate of drug-likeness (QED) is 0.363. The first-order valence-corrected chi connectivity index (χ1v) is 13.6. The third kappa shape index (κ3) is 5.33. The number of pyridine rings is 1. The second-order valence-corrected chi connectivity index (χ2v) is 11.2. The highest BCUT2D eigenvalue weighted by Gasteiger charge is 2.41. The molecule has 0 saturated heterocycles. The van der Waals surface area contributed by atoms with Gasteiger partial charge in [0.25, 0.3) is 0 Å². The lowest BCUT2D eigenvalue weighted by Gasteiger charge is -2.32. The monoisotopic (exact) mass is 525 g/mol. The van der Waals surface area contributed by atoms with Crippen LogP contribution in [0.25, 0.3) is 22.7 Å². The van der Waals surface area contributed by atoms with Crippen molar-refractivity contribution in [1.82, 2.24) is 24.5 Å². The smallest absolute Gasteiger partial charge is 0.365 e. The fourth-order valence-corrected chi connectivity index (χ4v) is 5.69. The lowest BCUT2D eigenvalue weighted by molar-refractivity contribution is -0.184. The Hall–Kier alpha value is -3.22. The van der Waals surface area contributed by atoms with Crippen molar-refractivity contribution in [3.8, 4) is 17.6 Å². The van der Waals surface area contributed by atoms with Gasteiger partial charge in [-0.05, 0) is 80.9 Å². The van der Waals surface area contributed by atoms with Crippen molar-refractivity contribution in [2.45, 2.75) is 90.4 Å². The molecule has 2 aliphatic carbocycles. The molecule has 5 rings (SSSR count). The van der Waals surface area contributed by atoms with Crippen LogP contribution in [-0.2, 0) is 6.54 Å². The highest BCUT2D eigenvalue weighted by Crippen LogP contribution is 2.41. The summed E-state index contributed by atoms with van der Waals surface area (Å²) in [6.45, 7) is 6.83. The van der Waals surface area contributed by atoms with Gasteiger partial charge in [-0.15, -0.1) is 0 Å². The van der Waals surface area contributed by atoms with Crippen molar-refractivity contribution in [3.05, 3.63) is 29.7 Å². The van der Waals surface area contributed by atoms with E-state index >= 15 is 0 Å². The van der Waals surface area contributed by atoms with Crippen molar-refractivity contribution < 1.29 is 13.2 Å². The average Bonchev–Trinajstić information content (AvgIpc) is 3.21. The predicted octanol–water partition coefficient (Wildman–Crippen LogP) is 6.85. The first kappa shape index (κ1) is 26.4. The van der Waals surface area contributed by atoms with E-state index in [1.165, 1.54) is 6.42 Å². The fraction of sp³-hybridized carbons (Fsp3) is 0.607. The van der Waals surface area contributed by atoms with E-state index in [-0.39, 0.29) is 36.5 Å². The molecule has 202 valence electrons. The molecule has 3 heterocycles. The Morgan fingerprint density at radius 3 is 2.42 bits per heavy atom. The van der Waals surface area contributed by atoms with Crippen LogP contribution in [0.4, 0.5) is 19.0 Å². The number of hydrogen-bond acceptors (Lipinski definition) is 6. The lowest BCUT2D eigenvalue weighted by Crippen LogP contribution is -2.31. The van der Waals surface area contributed by atoms with Gasteiger partial charge in [-0.2, -0.15) is 28.4 Å². The van der Waals surface area contributed by atoms with Crippen LogP contribution in [0.1, 0.15) is 83.0 Å². The molecular weight excluding hydrogens is 491 g/mol. The summed E-state index contributed by atoms with van der Waals surface area (Å²) in [5.74, 6) is 0.834. The number of imidazole rings is 1. The van der Waals surface area contributed by atoms with Crippen LogP contribution in [0.2, 0.25) is 0 Å². The predicted molar refractivity (Wildman–Crippen MR) is 139 cm³/mol. The number of aromatic nitrogens is 5. The summed E-state index contributed by atoms with van der Waals surface area (Å²) in [4.78, 5) is 18.4. The summed E-state index contributed by atoms with van der Waals surface area (Å²) >= 11 is 0. The summed E-state index contributed by atoms with van der Waals surface area (Å²) in [7, 11) is 0. The molecule has 3 aromatic rings. The fourth-order valence-electron chi connectivity index (χ4n) is 5.69. The maximum absolute atomic E-state index is 13.3. The molecular formula is C28H34F3N7. The van der Waals surface area contributed by atoms with Gasteiger partial charge in [0.2, 0.25) is 5.82 Å². The van der Waals surface area contributed by atoms with E-state index in [9.17, 15) is 18.4 Å². The summed E-state index contributed by atoms with van der Waals surface area (Å²) in [6.07, 6.45) is 2.36. The molecule has 0 amide bonds. The standard InChI is InChI=1S/C28H34F3N7/c1-16(2)20-11-12-33-22(13-20)27-37-26-24(38(27)15-18-7-9-21(10-8-18)28(29,30)31)25(35-23(14-32)36-26)34-17(3)19-5-4-6-19/h11-13,16-19,21H,4-10,15H2,1-3H3,(H,34,35,36)/t17-,18-,21-/m1/s1. The number of halogens is 3. The maximum atomic E-state index is 13.3. The summed E-state index contributed by atoms with van der Waals surface area (Å²) in [5.41, 5.74) is 2.87. The van der Waals surface area contributed by atoms with Gasteiger partial charge >= 0.3 is 6.18 Å². The van der Waals surface area contributed by atoms with Crippen molar-refractivity contribution in [2.75, 3.05) is 5.32 Å². The third-order valence-corrected chi connectivity index (χ3v) is 8.35. The van der Waals surface area contributed by atoms with E-state index in [0.29, 0.717) is 53.8 Å². The second-order valence-electron chi connectivity index (χ2n) is 11.2. The molecule has 2 fully saturated rings. The largest absolute Gasteiger partial charge is 0.391 e. The molecule has 0 aliphatic heterocycles. The number of hydrogen-bond donors (Lipinski definition) is 1. The summed E-state index contributed by atoms with van der Waals surface area (Å²) < 4.78 is 42.0. The zero-order chi connectivity index (χ0) is 27.0. The second kappa shape index (κ2) is 10.5. The van der Waals surface area contributed by atoms with Crippen molar-refractivity contribution in [1.29, 1.82) is 5.26 Å². The number of fused-ring (bicyclic) bond motifs is 1. The van der Waals surface area contributed by atoms with Crippen LogP contribution in [0.15, 0.2) is 18.3 Å². The van der Waals surface area contributed by atoms with Crippen LogP contribution in [0.3, 0.4) is 0 Å². The Labute approximate surface area is 220 Å². The van der Waals surface area contributed by atoms with E-state index in [1.807, 2.05) is 22.8 Å². The average molecular weight is 526 g/mol. The van der Waals surface area contributed by atoms with Gasteiger partial charge in [0.1, 0.15) is 17.3 Å². The summed E-state index contributed by atoms with van der Waals surface area (Å²) in [5, 5.41) is 13.2. The van der Waals surface area contributed by atoms with Gasteiger partial charge < -0.3 is 9.88 Å². The van der Waals surface area contributed by atoms with E-state index in [1.54, 1.807) is 6.20 Å². The summed E-state index contributed by atoms with van der Waals surface area (Å²) in [6, 6.07) is 6.18. The molecule has 1 atom stereocenters. The Bertz CT molecular complexity index is 1330. The molecule has 2 saturated carbocycles. The number of nitrogens with zero attached hydrogens (tertiary/aromatic N) is 6. The minimum Gasteiger partial charge on any atom is -0.365 e. The SMILES string of the molecule is CC(C)c1ccnc(-c2nc3nc(C#N)nc(N[C@H](C)C4CCC4)c3n2C[C@H]2CC[C@H](C(F)(F)F)CC2)c1. The Morgan fingerprint density at radius 2 is 1.82 bits per heavy atom. The number of rotatable bonds is 7. The zero-order valence-electron chi connectivity index (χ0n) is 22.1. The van der Waals surface area contributed by atoms with Gasteiger partial charge in [-0.3, -0.25) is 4.98 Å². The van der Waals surface area contributed by atoms with Crippen LogP contribution < -0.4 is 5.32 Å². The molecule has 3 aromatic heterocycles. The first-order valence-electron chi connectivity index (χ1n) is 13.6. The van der Waals surface area contributed by atoms with Gasteiger partial charge in [0.05, 0.1) is 5.92 Å². The van der Waals surface area contributed by atoms with E-state index in [2.05, 4.69) is 41.0 Å². The highest BCUT2D eigenvalue weighted by molar-refractivity contribution is 5.87. The molecule has 0 aromatic carbocycles. The van der Waals surface area contributed by atoms with Gasteiger partial charge in [-0.1, -0.05) is 20.3 Å². The van der Waals surface area contributed by atoms with E-state index in [4.69, 9.17) is 4.98 Å². The molecule has 0 spiro atoms. The molecule has 10 heteroatoms. The van der Waals surface area contributed by atoms with Gasteiger partial charge in [-0.25, -0.2) is 4.98 Å². The van der Waals surface area contributed by atoms with Gasteiger partial charge in [0.15, 0.2) is 17.3 Å². The van der Waals surface area contributed by atoms with E-state index in [0.717, 1.165) is 18.4 Å². The molecule has 2 aliphatic rings. The lowest BCUT2D eigenvalue weighted by atomic mass is 9.80. The molecule has 7 nitrogen and oxygen atoms in total. The normalized spacial score (nSPS) is 21.3. The van der Waals surface area contributed by atoms with E-state index < -0.39 is 12.1 Å². The Balaban J connectivity index is 1.58. The van der Waals surface area contributed by atoms with Crippen LogP contribution in [-0.4, -0.2) is 36.7 Å². The van der Waals surface area contributed by atoms with Crippen molar-refractivity contribution in [3.63, 3.8) is 0 Å². The minimum atomic E-state index is -4.14. The molecule has 0 unspecified atom stereocenters. The van der Waals surface area contributed by atoms with Crippen molar-refractivity contribution in [2.24, 2.45) is 17.8 Å². The van der Waals surface area contributed by atoms with Crippen LogP contribution in [0.5, 0.6) is 0 Å². The van der Waals surface area contributed by atoms with Gasteiger partial charge in [0, 0.05) is 18.8 Å². The highest BCUT2D eigenvalue weighted by atomic mass is 19.4. The molecule has 0 bridgehead atoms. The molecule has 38 heavy (non-hydrogen) atoms. The topological polar surface area (TPSA) is 92.3 Å². The molecule has 1 N–H and O–H groups in total. The zero-order valence-corrected chi connectivity index (χ0v) is 22.1. The Morgan fingerprint density at radius 1 is 1.08 bits per heavy atom. The maximum Gasteiger partial charge on any atom is 0.391 e. The molecule has 0 radical (unpaired) electrons. The minimum absolute atomic E-state index is 0.0339. The first-order chi connectivity index (χ1) is 18.1. The van der Waals surface area contributed by atoms with Crippen molar-refractivity contribution >= 4 is 17.0 Å². The Kier molecular flexibility index (Phi) is 7.30. The number of nitrogens with one attached hydrogen (secondary N) is 1. The number of nitriles is 1. The number of anilines is 1. The number of alkyl halides is 3.